The van der Waals surface area contributed by atoms with E-state index in [1.165, 1.54) is 6.07 Å². The van der Waals surface area contributed by atoms with Gasteiger partial charge in [-0.2, -0.15) is 0 Å². The highest BCUT2D eigenvalue weighted by Gasteiger charge is 2.25. The van der Waals surface area contributed by atoms with E-state index >= 15 is 0 Å². The van der Waals surface area contributed by atoms with Crippen LogP contribution in [0.25, 0.3) is 0 Å². The number of hydrogen-bond donors (Lipinski definition) is 1. The molecule has 0 bridgehead atoms. The third kappa shape index (κ3) is 4.48. The molecule has 7 nitrogen and oxygen atoms in total. The molecule has 0 aromatic heterocycles. The SMILES string of the molecule is COc1cccc(C(CNC(=O)c2ccc(C)c([N+](=O)[O-])c2)N2CCCC2)c1. The van der Waals surface area contributed by atoms with Gasteiger partial charge in [0.1, 0.15) is 5.75 Å². The normalized spacial score (nSPS) is 15.2. The third-order valence-corrected chi connectivity index (χ3v) is 5.18. The van der Waals surface area contributed by atoms with E-state index in [0.717, 1.165) is 37.2 Å². The number of carbonyl (C=O) groups excluding carboxylic acids is 1. The lowest BCUT2D eigenvalue weighted by Crippen LogP contribution is -2.36. The van der Waals surface area contributed by atoms with Gasteiger partial charge in [0.2, 0.25) is 0 Å². The Kier molecular flexibility index (Phi) is 6.26. The summed E-state index contributed by atoms with van der Waals surface area (Å²) in [4.78, 5) is 25.7. The van der Waals surface area contributed by atoms with E-state index in [0.29, 0.717) is 17.7 Å². The molecule has 1 unspecified atom stereocenters. The van der Waals surface area contributed by atoms with Gasteiger partial charge in [-0.1, -0.05) is 18.2 Å². The summed E-state index contributed by atoms with van der Waals surface area (Å²) in [5, 5.41) is 14.1. The van der Waals surface area contributed by atoms with Crippen molar-refractivity contribution in [3.63, 3.8) is 0 Å². The van der Waals surface area contributed by atoms with Crippen LogP contribution in [0.5, 0.6) is 5.75 Å². The molecule has 2 aromatic carbocycles. The quantitative estimate of drug-likeness (QED) is 0.584. The van der Waals surface area contributed by atoms with E-state index in [9.17, 15) is 14.9 Å². The zero-order chi connectivity index (χ0) is 20.1. The third-order valence-electron chi connectivity index (χ3n) is 5.18. The summed E-state index contributed by atoms with van der Waals surface area (Å²) >= 11 is 0. The molecule has 1 heterocycles. The van der Waals surface area contributed by atoms with Crippen molar-refractivity contribution in [1.82, 2.24) is 10.2 Å². The molecule has 28 heavy (non-hydrogen) atoms. The Morgan fingerprint density at radius 3 is 2.68 bits per heavy atom. The largest absolute Gasteiger partial charge is 0.497 e. The smallest absolute Gasteiger partial charge is 0.273 e. The summed E-state index contributed by atoms with van der Waals surface area (Å²) in [7, 11) is 1.63. The fourth-order valence-electron chi connectivity index (χ4n) is 3.60. The Hall–Kier alpha value is -2.93. The number of carbonyl (C=O) groups is 1. The molecule has 3 rings (SSSR count). The number of methoxy groups -OCH3 is 1. The van der Waals surface area contributed by atoms with Crippen molar-refractivity contribution in [2.75, 3.05) is 26.7 Å². The number of aryl methyl sites for hydroxylation is 1. The Labute approximate surface area is 164 Å². The maximum atomic E-state index is 12.6. The van der Waals surface area contributed by atoms with Crippen molar-refractivity contribution in [3.05, 3.63) is 69.3 Å². The van der Waals surface area contributed by atoms with Crippen molar-refractivity contribution in [2.45, 2.75) is 25.8 Å². The Bertz CT molecular complexity index is 862. The predicted octanol–water partition coefficient (Wildman–Crippen LogP) is 3.48. The molecule has 1 aliphatic heterocycles. The van der Waals surface area contributed by atoms with Crippen LogP contribution >= 0.6 is 0 Å². The molecule has 0 aliphatic carbocycles. The molecule has 1 atom stereocenters. The number of likely N-dealkylation sites (tertiary alicyclic amines) is 1. The van der Waals surface area contributed by atoms with Crippen LogP contribution in [0, 0.1) is 17.0 Å². The molecule has 0 saturated carbocycles. The molecule has 1 fully saturated rings. The van der Waals surface area contributed by atoms with Crippen molar-refractivity contribution in [2.24, 2.45) is 0 Å². The number of benzene rings is 2. The first-order valence-corrected chi connectivity index (χ1v) is 9.41. The number of rotatable bonds is 7. The zero-order valence-corrected chi connectivity index (χ0v) is 16.2. The molecule has 1 amide bonds. The summed E-state index contributed by atoms with van der Waals surface area (Å²) in [6, 6.07) is 12.5. The second-order valence-electron chi connectivity index (χ2n) is 7.00. The summed E-state index contributed by atoms with van der Waals surface area (Å²) < 4.78 is 5.34. The van der Waals surface area contributed by atoms with Gasteiger partial charge in [-0.15, -0.1) is 0 Å². The lowest BCUT2D eigenvalue weighted by molar-refractivity contribution is -0.385. The van der Waals surface area contributed by atoms with Gasteiger partial charge >= 0.3 is 0 Å². The molecule has 148 valence electrons. The topological polar surface area (TPSA) is 84.7 Å². The van der Waals surface area contributed by atoms with E-state index < -0.39 is 4.92 Å². The summed E-state index contributed by atoms with van der Waals surface area (Å²) in [5.41, 5.74) is 1.86. The summed E-state index contributed by atoms with van der Waals surface area (Å²) in [6.45, 7) is 4.04. The van der Waals surface area contributed by atoms with Gasteiger partial charge in [0, 0.05) is 23.7 Å². The number of nitro groups is 1. The van der Waals surface area contributed by atoms with Crippen molar-refractivity contribution >= 4 is 11.6 Å². The minimum Gasteiger partial charge on any atom is -0.497 e. The van der Waals surface area contributed by atoms with Gasteiger partial charge in [0.05, 0.1) is 18.1 Å². The molecule has 2 aromatic rings. The summed E-state index contributed by atoms with van der Waals surface area (Å²) in [5.74, 6) is 0.470. The molecule has 0 spiro atoms. The van der Waals surface area contributed by atoms with Crippen LogP contribution in [0.4, 0.5) is 5.69 Å². The van der Waals surface area contributed by atoms with Gasteiger partial charge in [-0.05, 0) is 56.6 Å². The number of amides is 1. The minimum absolute atomic E-state index is 0.0296. The van der Waals surface area contributed by atoms with Crippen LogP contribution in [-0.2, 0) is 0 Å². The second-order valence-corrected chi connectivity index (χ2v) is 7.00. The number of nitrogens with one attached hydrogen (secondary N) is 1. The standard InChI is InChI=1S/C21H25N3O4/c1-15-8-9-17(13-19(15)24(26)27)21(25)22-14-20(23-10-3-4-11-23)16-6-5-7-18(12-16)28-2/h5-9,12-13,20H,3-4,10-11,14H2,1-2H3,(H,22,25). The summed E-state index contributed by atoms with van der Waals surface area (Å²) in [6.07, 6.45) is 2.27. The lowest BCUT2D eigenvalue weighted by Gasteiger charge is -2.28. The first kappa shape index (κ1) is 19.8. The lowest BCUT2D eigenvalue weighted by atomic mass is 10.0. The van der Waals surface area contributed by atoms with E-state index in [1.807, 2.05) is 24.3 Å². The molecule has 0 radical (unpaired) electrons. The van der Waals surface area contributed by atoms with Crippen LogP contribution < -0.4 is 10.1 Å². The van der Waals surface area contributed by atoms with E-state index in [1.54, 1.807) is 26.2 Å². The molecular formula is C21H25N3O4. The van der Waals surface area contributed by atoms with Crippen LogP contribution in [0.3, 0.4) is 0 Å². The first-order valence-electron chi connectivity index (χ1n) is 9.41. The fourth-order valence-corrected chi connectivity index (χ4v) is 3.60. The average molecular weight is 383 g/mol. The highest BCUT2D eigenvalue weighted by Crippen LogP contribution is 2.27. The first-order chi connectivity index (χ1) is 13.5. The van der Waals surface area contributed by atoms with Gasteiger partial charge < -0.3 is 10.1 Å². The molecule has 1 N–H and O–H groups in total. The number of nitro benzene ring substituents is 1. The maximum Gasteiger partial charge on any atom is 0.273 e. The highest BCUT2D eigenvalue weighted by molar-refractivity contribution is 5.95. The monoisotopic (exact) mass is 383 g/mol. The Morgan fingerprint density at radius 2 is 2.00 bits per heavy atom. The van der Waals surface area contributed by atoms with E-state index in [-0.39, 0.29) is 17.6 Å². The fraction of sp³-hybridized carbons (Fsp3) is 0.381. The molecule has 1 saturated heterocycles. The Balaban J connectivity index is 1.77. The van der Waals surface area contributed by atoms with E-state index in [2.05, 4.69) is 10.2 Å². The van der Waals surface area contributed by atoms with Crippen LogP contribution in [0.1, 0.15) is 40.4 Å². The Morgan fingerprint density at radius 1 is 1.25 bits per heavy atom. The second kappa shape index (κ2) is 8.84. The van der Waals surface area contributed by atoms with Crippen LogP contribution in [0.2, 0.25) is 0 Å². The van der Waals surface area contributed by atoms with Crippen molar-refractivity contribution in [1.29, 1.82) is 0 Å². The van der Waals surface area contributed by atoms with Crippen molar-refractivity contribution in [3.8, 4) is 5.75 Å². The van der Waals surface area contributed by atoms with E-state index in [4.69, 9.17) is 4.74 Å². The highest BCUT2D eigenvalue weighted by atomic mass is 16.6. The van der Waals surface area contributed by atoms with Gasteiger partial charge in [-0.25, -0.2) is 0 Å². The van der Waals surface area contributed by atoms with Crippen LogP contribution in [-0.4, -0.2) is 42.5 Å². The molecule has 1 aliphatic rings. The zero-order valence-electron chi connectivity index (χ0n) is 16.2. The average Bonchev–Trinajstić information content (AvgIpc) is 3.22. The minimum atomic E-state index is -0.463. The number of ether oxygens (including phenoxy) is 1. The van der Waals surface area contributed by atoms with Crippen LogP contribution in [0.15, 0.2) is 42.5 Å². The molecule has 7 heteroatoms. The number of nitrogens with zero attached hydrogens (tertiary/aromatic N) is 2. The van der Waals surface area contributed by atoms with Gasteiger partial charge in [-0.3, -0.25) is 19.8 Å². The predicted molar refractivity (Wildman–Crippen MR) is 107 cm³/mol. The maximum absolute atomic E-state index is 12.6. The molecular weight excluding hydrogens is 358 g/mol. The van der Waals surface area contributed by atoms with Gasteiger partial charge in [0.15, 0.2) is 0 Å². The van der Waals surface area contributed by atoms with Crippen molar-refractivity contribution < 1.29 is 14.5 Å². The number of hydrogen-bond acceptors (Lipinski definition) is 5. The van der Waals surface area contributed by atoms with Gasteiger partial charge in [0.25, 0.3) is 11.6 Å².